The third-order valence-corrected chi connectivity index (χ3v) is 2.96. The Morgan fingerprint density at radius 3 is 2.70 bits per heavy atom. The van der Waals surface area contributed by atoms with E-state index in [2.05, 4.69) is 10.6 Å². The molecule has 4 heteroatoms. The molecule has 0 aliphatic rings. The highest BCUT2D eigenvalue weighted by atomic mass is 16.5. The fraction of sp³-hybridized carbons (Fsp3) is 0.562. The first-order chi connectivity index (χ1) is 9.65. The van der Waals surface area contributed by atoms with Crippen LogP contribution in [0.15, 0.2) is 24.3 Å². The van der Waals surface area contributed by atoms with Crippen LogP contribution in [-0.2, 0) is 11.2 Å². The lowest BCUT2D eigenvalue weighted by atomic mass is 10.0. The normalized spacial score (nSPS) is 10.8. The van der Waals surface area contributed by atoms with Gasteiger partial charge >= 0.3 is 0 Å². The van der Waals surface area contributed by atoms with E-state index in [0.29, 0.717) is 13.2 Å². The molecule has 0 heterocycles. The van der Waals surface area contributed by atoms with E-state index in [1.54, 1.807) is 0 Å². The van der Waals surface area contributed by atoms with Crippen molar-refractivity contribution in [1.82, 2.24) is 10.6 Å². The molecule has 1 aromatic carbocycles. The van der Waals surface area contributed by atoms with E-state index in [1.165, 1.54) is 0 Å². The standard InChI is InChI=1S/C16H26N2O2/c1-13(2)20-12-6-10-18-16(19)15-8-5-4-7-14(15)9-11-17-3/h4-5,7-8,13,17H,6,9-12H2,1-3H3,(H,18,19). The van der Waals surface area contributed by atoms with Crippen molar-refractivity contribution in [3.63, 3.8) is 0 Å². The minimum atomic E-state index is 0.00116. The average molecular weight is 278 g/mol. The van der Waals surface area contributed by atoms with Crippen LogP contribution >= 0.6 is 0 Å². The first kappa shape index (κ1) is 16.7. The molecular weight excluding hydrogens is 252 g/mol. The lowest BCUT2D eigenvalue weighted by molar-refractivity contribution is 0.0757. The molecule has 2 N–H and O–H groups in total. The number of hydrogen-bond donors (Lipinski definition) is 2. The van der Waals surface area contributed by atoms with Crippen molar-refractivity contribution >= 4 is 5.91 Å². The molecule has 0 unspecified atom stereocenters. The molecule has 4 nitrogen and oxygen atoms in total. The van der Waals surface area contributed by atoms with Crippen LogP contribution < -0.4 is 10.6 Å². The van der Waals surface area contributed by atoms with Gasteiger partial charge in [0, 0.05) is 18.7 Å². The minimum Gasteiger partial charge on any atom is -0.379 e. The first-order valence-electron chi connectivity index (χ1n) is 7.27. The van der Waals surface area contributed by atoms with Gasteiger partial charge < -0.3 is 15.4 Å². The fourth-order valence-corrected chi connectivity index (χ4v) is 1.91. The fourth-order valence-electron chi connectivity index (χ4n) is 1.91. The van der Waals surface area contributed by atoms with Gasteiger partial charge in [-0.1, -0.05) is 18.2 Å². The highest BCUT2D eigenvalue weighted by molar-refractivity contribution is 5.95. The number of carbonyl (C=O) groups excluding carboxylic acids is 1. The number of nitrogens with one attached hydrogen (secondary N) is 2. The maximum absolute atomic E-state index is 12.2. The summed E-state index contributed by atoms with van der Waals surface area (Å²) in [7, 11) is 1.91. The second kappa shape index (κ2) is 9.50. The van der Waals surface area contributed by atoms with Crippen LogP contribution in [0.5, 0.6) is 0 Å². The van der Waals surface area contributed by atoms with Gasteiger partial charge in [-0.15, -0.1) is 0 Å². The van der Waals surface area contributed by atoms with Crippen LogP contribution in [0.4, 0.5) is 0 Å². The third-order valence-electron chi connectivity index (χ3n) is 2.96. The highest BCUT2D eigenvalue weighted by Gasteiger charge is 2.09. The quantitative estimate of drug-likeness (QED) is 0.679. The summed E-state index contributed by atoms with van der Waals surface area (Å²) >= 11 is 0. The highest BCUT2D eigenvalue weighted by Crippen LogP contribution is 2.09. The Balaban J connectivity index is 2.42. The van der Waals surface area contributed by atoms with Gasteiger partial charge in [-0.3, -0.25) is 4.79 Å². The topological polar surface area (TPSA) is 50.4 Å². The van der Waals surface area contributed by atoms with E-state index in [0.717, 1.165) is 30.5 Å². The van der Waals surface area contributed by atoms with Crippen LogP contribution in [0, 0.1) is 0 Å². The molecule has 0 saturated carbocycles. The van der Waals surface area contributed by atoms with Crippen molar-refractivity contribution in [3.8, 4) is 0 Å². The maximum Gasteiger partial charge on any atom is 0.251 e. The number of ether oxygens (including phenoxy) is 1. The number of likely N-dealkylation sites (N-methyl/N-ethyl adjacent to an activating group) is 1. The molecule has 1 rings (SSSR count). The van der Waals surface area contributed by atoms with Gasteiger partial charge in [0.05, 0.1) is 6.10 Å². The number of rotatable bonds is 9. The Hall–Kier alpha value is -1.39. The molecule has 0 aliphatic heterocycles. The van der Waals surface area contributed by atoms with Crippen molar-refractivity contribution in [2.45, 2.75) is 32.8 Å². The van der Waals surface area contributed by atoms with Crippen LogP contribution in [-0.4, -0.2) is 38.8 Å². The molecule has 1 amide bonds. The summed E-state index contributed by atoms with van der Waals surface area (Å²) in [5, 5.41) is 6.05. The molecule has 112 valence electrons. The molecule has 0 saturated heterocycles. The summed E-state index contributed by atoms with van der Waals surface area (Å²) in [4.78, 5) is 12.2. The van der Waals surface area contributed by atoms with Crippen molar-refractivity contribution < 1.29 is 9.53 Å². The number of carbonyl (C=O) groups is 1. The summed E-state index contributed by atoms with van der Waals surface area (Å²) in [6, 6.07) is 7.76. The van der Waals surface area contributed by atoms with Crippen molar-refractivity contribution in [2.75, 3.05) is 26.7 Å². The lowest BCUT2D eigenvalue weighted by Crippen LogP contribution is -2.27. The molecule has 20 heavy (non-hydrogen) atoms. The van der Waals surface area contributed by atoms with Crippen molar-refractivity contribution in [2.24, 2.45) is 0 Å². The van der Waals surface area contributed by atoms with Crippen molar-refractivity contribution in [1.29, 1.82) is 0 Å². The van der Waals surface area contributed by atoms with Crippen LogP contribution in [0.1, 0.15) is 36.2 Å². The van der Waals surface area contributed by atoms with Gasteiger partial charge in [-0.2, -0.15) is 0 Å². The lowest BCUT2D eigenvalue weighted by Gasteiger charge is -2.11. The van der Waals surface area contributed by atoms with Gasteiger partial charge in [0.25, 0.3) is 5.91 Å². The summed E-state index contributed by atoms with van der Waals surface area (Å²) in [6.45, 7) is 6.21. The Morgan fingerprint density at radius 1 is 1.25 bits per heavy atom. The molecule has 0 aliphatic carbocycles. The van der Waals surface area contributed by atoms with E-state index < -0.39 is 0 Å². The molecule has 0 bridgehead atoms. The molecule has 0 fully saturated rings. The Labute approximate surface area is 121 Å². The van der Waals surface area contributed by atoms with E-state index in [9.17, 15) is 4.79 Å². The second-order valence-corrected chi connectivity index (χ2v) is 5.04. The SMILES string of the molecule is CNCCc1ccccc1C(=O)NCCCOC(C)C. The zero-order chi connectivity index (χ0) is 14.8. The molecule has 1 aromatic rings. The molecule has 0 spiro atoms. The molecular formula is C16H26N2O2. The van der Waals surface area contributed by atoms with Gasteiger partial charge in [-0.05, 0) is 51.9 Å². The molecule has 0 radical (unpaired) electrons. The summed E-state index contributed by atoms with van der Waals surface area (Å²) in [5.41, 5.74) is 1.85. The molecule has 0 atom stereocenters. The summed E-state index contributed by atoms with van der Waals surface area (Å²) in [5.74, 6) is 0.00116. The summed E-state index contributed by atoms with van der Waals surface area (Å²) < 4.78 is 5.45. The molecule has 0 aromatic heterocycles. The van der Waals surface area contributed by atoms with E-state index in [4.69, 9.17) is 4.74 Å². The van der Waals surface area contributed by atoms with Crippen LogP contribution in [0.25, 0.3) is 0 Å². The Kier molecular flexibility index (Phi) is 7.92. The first-order valence-corrected chi connectivity index (χ1v) is 7.27. The van der Waals surface area contributed by atoms with Crippen molar-refractivity contribution in [3.05, 3.63) is 35.4 Å². The summed E-state index contributed by atoms with van der Waals surface area (Å²) in [6.07, 6.45) is 1.94. The van der Waals surface area contributed by atoms with Crippen LogP contribution in [0.3, 0.4) is 0 Å². The van der Waals surface area contributed by atoms with E-state index in [-0.39, 0.29) is 12.0 Å². The zero-order valence-electron chi connectivity index (χ0n) is 12.7. The van der Waals surface area contributed by atoms with Crippen LogP contribution in [0.2, 0.25) is 0 Å². The Morgan fingerprint density at radius 2 is 2.00 bits per heavy atom. The predicted octanol–water partition coefficient (Wildman–Crippen LogP) is 1.99. The predicted molar refractivity (Wildman–Crippen MR) is 82.1 cm³/mol. The second-order valence-electron chi connectivity index (χ2n) is 5.04. The zero-order valence-corrected chi connectivity index (χ0v) is 12.7. The monoisotopic (exact) mass is 278 g/mol. The Bertz CT molecular complexity index is 405. The van der Waals surface area contributed by atoms with E-state index >= 15 is 0 Å². The number of benzene rings is 1. The number of amides is 1. The van der Waals surface area contributed by atoms with Gasteiger partial charge in [-0.25, -0.2) is 0 Å². The average Bonchev–Trinajstić information content (AvgIpc) is 2.44. The maximum atomic E-state index is 12.2. The third kappa shape index (κ3) is 6.17. The minimum absolute atomic E-state index is 0.00116. The van der Waals surface area contributed by atoms with Gasteiger partial charge in [0.2, 0.25) is 0 Å². The van der Waals surface area contributed by atoms with Gasteiger partial charge in [0.1, 0.15) is 0 Å². The van der Waals surface area contributed by atoms with Gasteiger partial charge in [0.15, 0.2) is 0 Å². The largest absolute Gasteiger partial charge is 0.379 e. The number of hydrogen-bond acceptors (Lipinski definition) is 3. The van der Waals surface area contributed by atoms with E-state index in [1.807, 2.05) is 45.2 Å². The smallest absolute Gasteiger partial charge is 0.251 e.